The van der Waals surface area contributed by atoms with Crippen molar-refractivity contribution in [3.63, 3.8) is 0 Å². The molecule has 0 saturated carbocycles. The number of guanidine groups is 1. The van der Waals surface area contributed by atoms with Crippen LogP contribution in [0.5, 0.6) is 0 Å². The van der Waals surface area contributed by atoms with Crippen LogP contribution < -0.4 is 33.2 Å². The van der Waals surface area contributed by atoms with Gasteiger partial charge in [-0.1, -0.05) is 44.2 Å². The van der Waals surface area contributed by atoms with Gasteiger partial charge in [0.1, 0.15) is 18.1 Å². The lowest BCUT2D eigenvalue weighted by Crippen LogP contribution is -2.58. The van der Waals surface area contributed by atoms with Crippen LogP contribution in [-0.2, 0) is 30.4 Å². The van der Waals surface area contributed by atoms with Crippen molar-refractivity contribution in [1.82, 2.24) is 16.0 Å². The van der Waals surface area contributed by atoms with Crippen LogP contribution in [0, 0.1) is 5.92 Å². The molecule has 0 spiro atoms. The first-order valence-electron chi connectivity index (χ1n) is 12.0. The number of hydrogen-bond acceptors (Lipinski definition) is 7. The second-order valence-electron chi connectivity index (χ2n) is 9.03. The number of carboxylic acid groups (broad SMARTS) is 2. The lowest BCUT2D eigenvalue weighted by Gasteiger charge is -2.25. The fraction of sp³-hybridized carbons (Fsp3) is 0.500. The van der Waals surface area contributed by atoms with E-state index in [1.165, 1.54) is 0 Å². The van der Waals surface area contributed by atoms with Crippen molar-refractivity contribution in [3.8, 4) is 0 Å². The molecule has 0 aromatic heterocycles. The second kappa shape index (κ2) is 15.8. The summed E-state index contributed by atoms with van der Waals surface area (Å²) in [5.41, 5.74) is 17.0. The summed E-state index contributed by atoms with van der Waals surface area (Å²) < 4.78 is 0. The van der Waals surface area contributed by atoms with E-state index in [2.05, 4.69) is 20.9 Å². The van der Waals surface area contributed by atoms with E-state index in [1.54, 1.807) is 44.2 Å². The van der Waals surface area contributed by atoms with Gasteiger partial charge >= 0.3 is 11.9 Å². The van der Waals surface area contributed by atoms with Gasteiger partial charge in [0.2, 0.25) is 17.7 Å². The molecule has 14 heteroatoms. The predicted octanol–water partition coefficient (Wildman–Crippen LogP) is -1.72. The monoisotopic (exact) mass is 535 g/mol. The van der Waals surface area contributed by atoms with Crippen molar-refractivity contribution < 1.29 is 34.2 Å². The zero-order valence-corrected chi connectivity index (χ0v) is 21.4. The van der Waals surface area contributed by atoms with Crippen LogP contribution in [0.1, 0.15) is 38.7 Å². The number of benzene rings is 1. The maximum atomic E-state index is 13.1. The zero-order valence-electron chi connectivity index (χ0n) is 21.4. The van der Waals surface area contributed by atoms with Crippen LogP contribution >= 0.6 is 0 Å². The molecule has 1 aromatic rings. The van der Waals surface area contributed by atoms with Gasteiger partial charge in [-0.05, 0) is 24.3 Å². The van der Waals surface area contributed by atoms with Crippen molar-refractivity contribution >= 4 is 35.6 Å². The van der Waals surface area contributed by atoms with Gasteiger partial charge in [-0.3, -0.25) is 24.2 Å². The predicted molar refractivity (Wildman–Crippen MR) is 139 cm³/mol. The first kappa shape index (κ1) is 31.8. The average Bonchev–Trinajstić information content (AvgIpc) is 2.83. The van der Waals surface area contributed by atoms with E-state index in [9.17, 15) is 34.2 Å². The molecule has 1 rings (SSSR count). The van der Waals surface area contributed by atoms with Crippen molar-refractivity contribution in [2.75, 3.05) is 6.54 Å². The van der Waals surface area contributed by atoms with Gasteiger partial charge in [0.25, 0.3) is 0 Å². The van der Waals surface area contributed by atoms with E-state index in [4.69, 9.17) is 17.2 Å². The van der Waals surface area contributed by atoms with E-state index in [0.717, 1.165) is 0 Å². The number of carboxylic acids is 2. The van der Waals surface area contributed by atoms with E-state index >= 15 is 0 Å². The summed E-state index contributed by atoms with van der Waals surface area (Å²) in [6.07, 6.45) is -0.264. The van der Waals surface area contributed by atoms with Gasteiger partial charge in [-0.15, -0.1) is 0 Å². The van der Waals surface area contributed by atoms with Gasteiger partial charge in [0, 0.05) is 13.0 Å². The van der Waals surface area contributed by atoms with Crippen LogP contribution in [-0.4, -0.2) is 76.5 Å². The summed E-state index contributed by atoms with van der Waals surface area (Å²) in [7, 11) is 0. The first-order valence-corrected chi connectivity index (χ1v) is 12.0. The van der Waals surface area contributed by atoms with Crippen LogP contribution in [0.15, 0.2) is 35.3 Å². The molecule has 0 aliphatic rings. The Labute approximate surface area is 220 Å². The van der Waals surface area contributed by atoms with Crippen molar-refractivity contribution in [2.45, 2.75) is 63.7 Å². The number of carbonyl (C=O) groups is 5. The molecule has 0 radical (unpaired) electrons. The maximum Gasteiger partial charge on any atom is 0.326 e. The summed E-state index contributed by atoms with van der Waals surface area (Å²) in [6.45, 7) is 3.46. The summed E-state index contributed by atoms with van der Waals surface area (Å²) in [5.74, 6) is -5.67. The molecule has 0 heterocycles. The number of rotatable bonds is 16. The Morgan fingerprint density at radius 2 is 1.47 bits per heavy atom. The van der Waals surface area contributed by atoms with Gasteiger partial charge in [-0.2, -0.15) is 0 Å². The number of nitrogens with one attached hydrogen (secondary N) is 3. The molecule has 0 bridgehead atoms. The highest BCUT2D eigenvalue weighted by atomic mass is 16.4. The molecule has 4 atom stereocenters. The first-order chi connectivity index (χ1) is 17.8. The Hall–Kier alpha value is -4.20. The van der Waals surface area contributed by atoms with Crippen molar-refractivity contribution in [3.05, 3.63) is 35.9 Å². The highest BCUT2D eigenvalue weighted by Gasteiger charge is 2.32. The van der Waals surface area contributed by atoms with Crippen LogP contribution in [0.2, 0.25) is 0 Å². The fourth-order valence-electron chi connectivity index (χ4n) is 3.41. The number of amides is 3. The molecule has 4 unspecified atom stereocenters. The molecule has 38 heavy (non-hydrogen) atoms. The minimum Gasteiger partial charge on any atom is -0.481 e. The molecule has 1 aromatic carbocycles. The Balaban J connectivity index is 3.04. The largest absolute Gasteiger partial charge is 0.481 e. The standard InChI is InChI=1S/C24H37N7O7/c1-13(2)19(23(37)38)31-22(36)16(11-14-7-4-3-5-8-14)30-21(35)17(12-18(32)33)29-20(34)15(25)9-6-10-28-24(26)27/h3-5,7-8,13,15-17,19H,6,9-12,25H2,1-2H3,(H,29,34)(H,30,35)(H,31,36)(H,32,33)(H,37,38)(H4,26,27,28). The Kier molecular flexibility index (Phi) is 13.2. The number of carbonyl (C=O) groups excluding carboxylic acids is 3. The molecule has 14 nitrogen and oxygen atoms in total. The molecule has 3 amide bonds. The van der Waals surface area contributed by atoms with Gasteiger partial charge in [0.05, 0.1) is 12.5 Å². The number of nitrogens with zero attached hydrogens (tertiary/aromatic N) is 1. The van der Waals surface area contributed by atoms with E-state index < -0.39 is 66.2 Å². The summed E-state index contributed by atoms with van der Waals surface area (Å²) >= 11 is 0. The van der Waals surface area contributed by atoms with Crippen LogP contribution in [0.25, 0.3) is 0 Å². The van der Waals surface area contributed by atoms with Crippen LogP contribution in [0.3, 0.4) is 0 Å². The lowest BCUT2D eigenvalue weighted by atomic mass is 10.0. The fourth-order valence-corrected chi connectivity index (χ4v) is 3.41. The quantitative estimate of drug-likeness (QED) is 0.0675. The molecule has 0 saturated heterocycles. The summed E-state index contributed by atoms with van der Waals surface area (Å²) in [6, 6.07) is 3.54. The SMILES string of the molecule is CC(C)C(NC(=O)C(Cc1ccccc1)NC(=O)C(CC(=O)O)NC(=O)C(N)CCCN=C(N)N)C(=O)O. The lowest BCUT2D eigenvalue weighted by molar-refractivity contribution is -0.144. The highest BCUT2D eigenvalue weighted by Crippen LogP contribution is 2.08. The Morgan fingerprint density at radius 1 is 0.895 bits per heavy atom. The minimum atomic E-state index is -1.55. The topological polar surface area (TPSA) is 252 Å². The highest BCUT2D eigenvalue weighted by molar-refractivity contribution is 5.95. The molecule has 0 fully saturated rings. The normalized spacial score (nSPS) is 13.9. The zero-order chi connectivity index (χ0) is 28.8. The average molecular weight is 536 g/mol. The molecule has 210 valence electrons. The second-order valence-corrected chi connectivity index (χ2v) is 9.03. The van der Waals surface area contributed by atoms with E-state index in [0.29, 0.717) is 12.0 Å². The van der Waals surface area contributed by atoms with Crippen molar-refractivity contribution in [1.29, 1.82) is 0 Å². The van der Waals surface area contributed by atoms with Gasteiger partial charge < -0.3 is 43.4 Å². The smallest absolute Gasteiger partial charge is 0.326 e. The van der Waals surface area contributed by atoms with E-state index in [-0.39, 0.29) is 25.3 Å². The van der Waals surface area contributed by atoms with Gasteiger partial charge in [-0.25, -0.2) is 4.79 Å². The third-order valence-corrected chi connectivity index (χ3v) is 5.46. The molecule has 0 aliphatic heterocycles. The Morgan fingerprint density at radius 3 is 2.00 bits per heavy atom. The molecule has 0 aliphatic carbocycles. The van der Waals surface area contributed by atoms with Gasteiger partial charge in [0.15, 0.2) is 5.96 Å². The van der Waals surface area contributed by atoms with Crippen molar-refractivity contribution in [2.24, 2.45) is 28.1 Å². The third-order valence-electron chi connectivity index (χ3n) is 5.46. The number of aliphatic imine (C=N–C) groups is 1. The third kappa shape index (κ3) is 11.7. The molecule has 11 N–H and O–H groups in total. The summed E-state index contributed by atoms with van der Waals surface area (Å²) in [4.78, 5) is 65.4. The number of hydrogen-bond donors (Lipinski definition) is 8. The summed E-state index contributed by atoms with van der Waals surface area (Å²) in [5, 5.41) is 25.9. The molecular weight excluding hydrogens is 498 g/mol. The number of aliphatic carboxylic acids is 2. The maximum absolute atomic E-state index is 13.1. The molecular formula is C24H37N7O7. The Bertz CT molecular complexity index is 997. The van der Waals surface area contributed by atoms with E-state index in [1.807, 2.05) is 0 Å². The minimum absolute atomic E-state index is 0.0130. The number of nitrogens with two attached hydrogens (primary N) is 3. The van der Waals surface area contributed by atoms with Crippen LogP contribution in [0.4, 0.5) is 0 Å².